The number of carbonyl (C=O) groups is 2. The van der Waals surface area contributed by atoms with Gasteiger partial charge in [-0.2, -0.15) is 0 Å². The van der Waals surface area contributed by atoms with Gasteiger partial charge in [-0.25, -0.2) is 0 Å². The molecular formula is C21H20N4O2. The molecule has 0 aromatic heterocycles. The van der Waals surface area contributed by atoms with Crippen molar-refractivity contribution in [2.45, 2.75) is 6.92 Å². The lowest BCUT2D eigenvalue weighted by atomic mass is 10.1. The van der Waals surface area contributed by atoms with Gasteiger partial charge in [0.15, 0.2) is 0 Å². The van der Waals surface area contributed by atoms with Crippen molar-refractivity contribution in [3.63, 3.8) is 0 Å². The van der Waals surface area contributed by atoms with Crippen molar-refractivity contribution in [3.8, 4) is 0 Å². The van der Waals surface area contributed by atoms with Crippen LogP contribution < -0.4 is 22.1 Å². The Morgan fingerprint density at radius 1 is 0.667 bits per heavy atom. The molecule has 0 fully saturated rings. The van der Waals surface area contributed by atoms with Crippen LogP contribution in [0, 0.1) is 6.92 Å². The number of amides is 2. The van der Waals surface area contributed by atoms with E-state index >= 15 is 0 Å². The standard InChI is InChI=1S/C21H20N4O2/c1-13-18(24-20(26)14-5-9-16(22)10-6-14)3-2-4-19(13)25-21(27)15-7-11-17(23)12-8-15/h2-12H,22-23H2,1H3,(H,24,26)(H,25,27). The molecule has 0 radical (unpaired) electrons. The molecule has 0 aliphatic carbocycles. The molecule has 0 aliphatic heterocycles. The third-order valence-corrected chi connectivity index (χ3v) is 4.18. The van der Waals surface area contributed by atoms with Crippen LogP contribution in [0.2, 0.25) is 0 Å². The Balaban J connectivity index is 1.77. The summed E-state index contributed by atoms with van der Waals surface area (Å²) in [5, 5.41) is 5.72. The molecule has 0 bridgehead atoms. The largest absolute Gasteiger partial charge is 0.399 e. The van der Waals surface area contributed by atoms with E-state index in [9.17, 15) is 9.59 Å². The minimum atomic E-state index is -0.250. The number of anilines is 4. The highest BCUT2D eigenvalue weighted by atomic mass is 16.2. The molecule has 6 heteroatoms. The maximum Gasteiger partial charge on any atom is 0.255 e. The fraction of sp³-hybridized carbons (Fsp3) is 0.0476. The number of nitrogens with one attached hydrogen (secondary N) is 2. The van der Waals surface area contributed by atoms with Gasteiger partial charge < -0.3 is 22.1 Å². The van der Waals surface area contributed by atoms with Crippen molar-refractivity contribution in [1.29, 1.82) is 0 Å². The summed E-state index contributed by atoms with van der Waals surface area (Å²) < 4.78 is 0. The highest BCUT2D eigenvalue weighted by Gasteiger charge is 2.12. The SMILES string of the molecule is Cc1c(NC(=O)c2ccc(N)cc2)cccc1NC(=O)c1ccc(N)cc1. The molecule has 27 heavy (non-hydrogen) atoms. The summed E-state index contributed by atoms with van der Waals surface area (Å²) in [6, 6.07) is 18.7. The first-order valence-electron chi connectivity index (χ1n) is 8.37. The molecule has 0 atom stereocenters. The van der Waals surface area contributed by atoms with Crippen LogP contribution in [0.1, 0.15) is 26.3 Å². The number of hydrogen-bond acceptors (Lipinski definition) is 4. The Hall–Kier alpha value is -3.80. The molecule has 0 aliphatic rings. The second-order valence-electron chi connectivity index (χ2n) is 6.13. The van der Waals surface area contributed by atoms with Gasteiger partial charge >= 0.3 is 0 Å². The van der Waals surface area contributed by atoms with Gasteiger partial charge in [0.05, 0.1) is 0 Å². The van der Waals surface area contributed by atoms with Crippen molar-refractivity contribution in [2.24, 2.45) is 0 Å². The first-order chi connectivity index (χ1) is 12.9. The lowest BCUT2D eigenvalue weighted by Crippen LogP contribution is -2.15. The average Bonchev–Trinajstić information content (AvgIpc) is 2.66. The summed E-state index contributed by atoms with van der Waals surface area (Å²) in [5.74, 6) is -0.500. The molecule has 136 valence electrons. The monoisotopic (exact) mass is 360 g/mol. The van der Waals surface area contributed by atoms with E-state index in [1.165, 1.54) is 0 Å². The van der Waals surface area contributed by atoms with E-state index in [2.05, 4.69) is 10.6 Å². The van der Waals surface area contributed by atoms with Crippen LogP contribution in [0.4, 0.5) is 22.7 Å². The number of nitrogens with two attached hydrogens (primary N) is 2. The molecule has 0 spiro atoms. The van der Waals surface area contributed by atoms with Crippen molar-refractivity contribution < 1.29 is 9.59 Å². The molecule has 0 unspecified atom stereocenters. The summed E-state index contributed by atoms with van der Waals surface area (Å²) >= 11 is 0. The minimum absolute atomic E-state index is 0.250. The quantitative estimate of drug-likeness (QED) is 0.532. The molecule has 6 nitrogen and oxygen atoms in total. The van der Waals surface area contributed by atoms with Crippen LogP contribution in [0.15, 0.2) is 66.7 Å². The maximum atomic E-state index is 12.4. The average molecular weight is 360 g/mol. The molecule has 3 aromatic carbocycles. The summed E-state index contributed by atoms with van der Waals surface area (Å²) in [4.78, 5) is 24.8. The molecule has 3 aromatic rings. The van der Waals surface area contributed by atoms with Crippen molar-refractivity contribution in [2.75, 3.05) is 22.1 Å². The Morgan fingerprint density at radius 2 is 1.04 bits per heavy atom. The number of hydrogen-bond donors (Lipinski definition) is 4. The van der Waals surface area contributed by atoms with E-state index in [4.69, 9.17) is 11.5 Å². The molecular weight excluding hydrogens is 340 g/mol. The second kappa shape index (κ2) is 7.61. The normalized spacial score (nSPS) is 10.3. The van der Waals surface area contributed by atoms with E-state index < -0.39 is 0 Å². The second-order valence-corrected chi connectivity index (χ2v) is 6.13. The van der Waals surface area contributed by atoms with Gasteiger partial charge in [0.25, 0.3) is 11.8 Å². The Labute approximate surface area is 157 Å². The number of carbonyl (C=O) groups excluding carboxylic acids is 2. The Morgan fingerprint density at radius 3 is 1.41 bits per heavy atom. The third kappa shape index (κ3) is 4.24. The van der Waals surface area contributed by atoms with Gasteiger partial charge in [-0.15, -0.1) is 0 Å². The lowest BCUT2D eigenvalue weighted by molar-refractivity contribution is 0.101. The summed E-state index contributed by atoms with van der Waals surface area (Å²) in [5.41, 5.74) is 15.5. The predicted octanol–water partition coefficient (Wildman–Crippen LogP) is 3.66. The zero-order valence-corrected chi connectivity index (χ0v) is 14.8. The third-order valence-electron chi connectivity index (χ3n) is 4.18. The minimum Gasteiger partial charge on any atom is -0.399 e. The van der Waals surface area contributed by atoms with E-state index in [-0.39, 0.29) is 11.8 Å². The lowest BCUT2D eigenvalue weighted by Gasteiger charge is -2.14. The van der Waals surface area contributed by atoms with Crippen LogP contribution in [-0.2, 0) is 0 Å². The fourth-order valence-electron chi connectivity index (χ4n) is 2.56. The zero-order valence-electron chi connectivity index (χ0n) is 14.8. The van der Waals surface area contributed by atoms with Gasteiger partial charge in [-0.1, -0.05) is 6.07 Å². The van der Waals surface area contributed by atoms with Crippen LogP contribution >= 0.6 is 0 Å². The maximum absolute atomic E-state index is 12.4. The molecule has 6 N–H and O–H groups in total. The van der Waals surface area contributed by atoms with Crippen LogP contribution in [0.5, 0.6) is 0 Å². The van der Waals surface area contributed by atoms with Gasteiger partial charge in [-0.3, -0.25) is 9.59 Å². The number of benzene rings is 3. The van der Waals surface area contributed by atoms with Crippen LogP contribution in [-0.4, -0.2) is 11.8 Å². The predicted molar refractivity (Wildman–Crippen MR) is 109 cm³/mol. The number of nitrogen functional groups attached to an aromatic ring is 2. The van der Waals surface area contributed by atoms with Crippen molar-refractivity contribution in [3.05, 3.63) is 83.4 Å². The highest BCUT2D eigenvalue weighted by molar-refractivity contribution is 6.07. The fourth-order valence-corrected chi connectivity index (χ4v) is 2.56. The molecule has 0 saturated heterocycles. The van der Waals surface area contributed by atoms with Crippen LogP contribution in [0.25, 0.3) is 0 Å². The topological polar surface area (TPSA) is 110 Å². The van der Waals surface area contributed by atoms with Gasteiger partial charge in [0.2, 0.25) is 0 Å². The zero-order chi connectivity index (χ0) is 19.4. The molecule has 2 amide bonds. The van der Waals surface area contributed by atoms with E-state index in [1.807, 2.05) is 6.92 Å². The summed E-state index contributed by atoms with van der Waals surface area (Å²) in [7, 11) is 0. The van der Waals surface area contributed by atoms with Gasteiger partial charge in [-0.05, 0) is 73.2 Å². The Bertz CT molecular complexity index is 902. The van der Waals surface area contributed by atoms with E-state index in [1.54, 1.807) is 66.7 Å². The van der Waals surface area contributed by atoms with Crippen LogP contribution in [0.3, 0.4) is 0 Å². The van der Waals surface area contributed by atoms with Gasteiger partial charge in [0.1, 0.15) is 0 Å². The van der Waals surface area contributed by atoms with Gasteiger partial charge in [0, 0.05) is 33.9 Å². The molecule has 0 heterocycles. The van der Waals surface area contributed by atoms with E-state index in [0.717, 1.165) is 5.56 Å². The van der Waals surface area contributed by atoms with Crippen molar-refractivity contribution in [1.82, 2.24) is 0 Å². The smallest absolute Gasteiger partial charge is 0.255 e. The summed E-state index contributed by atoms with van der Waals surface area (Å²) in [6.07, 6.45) is 0. The molecule has 0 saturated carbocycles. The van der Waals surface area contributed by atoms with E-state index in [0.29, 0.717) is 33.9 Å². The number of rotatable bonds is 4. The highest BCUT2D eigenvalue weighted by Crippen LogP contribution is 2.24. The molecule has 3 rings (SSSR count). The van der Waals surface area contributed by atoms with Crippen molar-refractivity contribution >= 4 is 34.6 Å². The summed E-state index contributed by atoms with van der Waals surface area (Å²) in [6.45, 7) is 1.83. The first-order valence-corrected chi connectivity index (χ1v) is 8.37. The first kappa shape index (κ1) is 18.0. The Kier molecular flexibility index (Phi) is 5.08.